The Hall–Kier alpha value is -0.475. The third kappa shape index (κ3) is 2.41. The predicted octanol–water partition coefficient (Wildman–Crippen LogP) is 1.93. The number of rotatable bonds is 3. The van der Waals surface area contributed by atoms with Crippen LogP contribution in [0.5, 0.6) is 5.75 Å². The first-order valence-corrected chi connectivity index (χ1v) is 3.39. The summed E-state index contributed by atoms with van der Waals surface area (Å²) in [6, 6.07) is 9.36. The van der Waals surface area contributed by atoms with Gasteiger partial charge in [0, 0.05) is 0 Å². The molecule has 0 aliphatic rings. The van der Waals surface area contributed by atoms with Gasteiger partial charge in [-0.3, -0.25) is 0 Å². The molecule has 0 atom stereocenters. The van der Waals surface area contributed by atoms with Crippen LogP contribution >= 0.6 is 16.3 Å². The van der Waals surface area contributed by atoms with Crippen LogP contribution in [0.25, 0.3) is 0 Å². The second-order valence-electron chi connectivity index (χ2n) is 1.62. The lowest BCUT2D eigenvalue weighted by Crippen LogP contribution is -2.00. The minimum absolute atomic E-state index is 0.752. The van der Waals surface area contributed by atoms with Gasteiger partial charge in [0.1, 0.15) is 0 Å². The van der Waals surface area contributed by atoms with Crippen molar-refractivity contribution in [2.45, 2.75) is 0 Å². The van der Waals surface area contributed by atoms with Crippen molar-refractivity contribution in [3.63, 3.8) is 0 Å². The summed E-state index contributed by atoms with van der Waals surface area (Å²) in [5.41, 5.74) is 0. The van der Waals surface area contributed by atoms with Gasteiger partial charge in [-0.1, -0.05) is 18.2 Å². The quantitative estimate of drug-likeness (QED) is 0.693. The Morgan fingerprint density at radius 1 is 1.20 bits per heavy atom. The largest absolute Gasteiger partial charge is 0.584 e. The number of para-hydroxylation sites is 1. The van der Waals surface area contributed by atoms with Crippen LogP contribution in [-0.4, -0.2) is 7.69 Å². The van der Waals surface area contributed by atoms with Crippen LogP contribution in [-0.2, 0) is 3.75 Å². The Morgan fingerprint density at radius 2 is 1.90 bits per heavy atom. The van der Waals surface area contributed by atoms with E-state index in [1.807, 2.05) is 30.3 Å². The van der Waals surface area contributed by atoms with Crippen LogP contribution in [0.15, 0.2) is 30.3 Å². The summed E-state index contributed by atoms with van der Waals surface area (Å²) in [5, 5.41) is 0. The summed E-state index contributed by atoms with van der Waals surface area (Å²) in [4.78, 5) is 0. The molecule has 0 bridgehead atoms. The number of benzene rings is 1. The normalized spacial score (nSPS) is 8.90. The van der Waals surface area contributed by atoms with E-state index in [-0.39, 0.29) is 0 Å². The van der Waals surface area contributed by atoms with Crippen molar-refractivity contribution in [1.29, 1.82) is 0 Å². The first-order chi connectivity index (χ1) is 4.93. The zero-order valence-electron chi connectivity index (χ0n) is 5.16. The minimum Gasteiger partial charge on any atom is -0.537 e. The van der Waals surface area contributed by atoms with Crippen LogP contribution in [0.4, 0.5) is 0 Å². The lowest BCUT2D eigenvalue weighted by molar-refractivity contribution is 0.505. The molecule has 51 valence electrons. The first-order valence-electron chi connectivity index (χ1n) is 2.74. The highest BCUT2D eigenvalue weighted by Crippen LogP contribution is 2.07. The highest BCUT2D eigenvalue weighted by molar-refractivity contribution is 9.06. The zero-order chi connectivity index (χ0) is 7.23. The Morgan fingerprint density at radius 3 is 2.50 bits per heavy atom. The van der Waals surface area contributed by atoms with Crippen molar-refractivity contribution in [1.82, 2.24) is 0 Å². The Labute approximate surface area is 68.9 Å². The fourth-order valence-corrected chi connectivity index (χ4v) is 0.649. The molecular formula is C6H5BBrO2. The fourth-order valence-electron chi connectivity index (χ4n) is 0.573. The van der Waals surface area contributed by atoms with E-state index in [9.17, 15) is 0 Å². The smallest absolute Gasteiger partial charge is 0.537 e. The standard InChI is InChI=1S/C6H5BBrO2/c8-10-7-9-6-4-2-1-3-5-6/h1-5H. The lowest BCUT2D eigenvalue weighted by atomic mass is 10.3. The van der Waals surface area contributed by atoms with E-state index < -0.39 is 0 Å². The summed E-state index contributed by atoms with van der Waals surface area (Å²) in [7, 11) is 1.20. The van der Waals surface area contributed by atoms with Gasteiger partial charge in [0.05, 0.1) is 22.0 Å². The van der Waals surface area contributed by atoms with Crippen LogP contribution < -0.4 is 4.65 Å². The molecule has 2 nitrogen and oxygen atoms in total. The van der Waals surface area contributed by atoms with E-state index in [0.29, 0.717) is 0 Å². The monoisotopic (exact) mass is 199 g/mol. The molecular weight excluding hydrogens is 195 g/mol. The molecule has 1 radical (unpaired) electrons. The third-order valence-corrected chi connectivity index (χ3v) is 1.12. The molecule has 1 aromatic rings. The summed E-state index contributed by atoms with van der Waals surface area (Å²) in [6.07, 6.45) is 0. The predicted molar refractivity (Wildman–Crippen MR) is 42.8 cm³/mol. The minimum atomic E-state index is 0.752. The maximum atomic E-state index is 4.96. The molecule has 4 heteroatoms. The Balaban J connectivity index is 2.43. The summed E-state index contributed by atoms with van der Waals surface area (Å²) < 4.78 is 9.37. The zero-order valence-corrected chi connectivity index (χ0v) is 6.74. The summed E-state index contributed by atoms with van der Waals surface area (Å²) in [6.45, 7) is 0. The van der Waals surface area contributed by atoms with Gasteiger partial charge in [-0.15, -0.1) is 0 Å². The van der Waals surface area contributed by atoms with Crippen LogP contribution in [0.2, 0.25) is 0 Å². The average Bonchev–Trinajstić information content (AvgIpc) is 2.03. The van der Waals surface area contributed by atoms with E-state index in [1.165, 1.54) is 7.69 Å². The van der Waals surface area contributed by atoms with Crippen LogP contribution in [0.1, 0.15) is 0 Å². The van der Waals surface area contributed by atoms with E-state index >= 15 is 0 Å². The van der Waals surface area contributed by atoms with E-state index in [4.69, 9.17) is 4.65 Å². The molecule has 0 heterocycles. The SMILES string of the molecule is BrO[B]Oc1ccccc1. The van der Waals surface area contributed by atoms with Gasteiger partial charge in [-0.05, 0) is 12.1 Å². The molecule has 0 aromatic heterocycles. The van der Waals surface area contributed by atoms with Crippen LogP contribution in [0, 0.1) is 0 Å². The van der Waals surface area contributed by atoms with E-state index in [0.717, 1.165) is 5.75 Å². The number of hydrogen-bond acceptors (Lipinski definition) is 2. The molecule has 0 amide bonds. The fraction of sp³-hybridized carbons (Fsp3) is 0. The van der Waals surface area contributed by atoms with Crippen molar-refractivity contribution >= 4 is 23.9 Å². The Kier molecular flexibility index (Phi) is 3.32. The van der Waals surface area contributed by atoms with Crippen molar-refractivity contribution in [3.8, 4) is 5.75 Å². The molecule has 1 aromatic carbocycles. The van der Waals surface area contributed by atoms with Crippen molar-refractivity contribution < 1.29 is 8.40 Å². The number of hydrogen-bond donors (Lipinski definition) is 0. The summed E-state index contributed by atoms with van der Waals surface area (Å²) >= 11 is 2.73. The summed E-state index contributed by atoms with van der Waals surface area (Å²) in [5.74, 6) is 0.752. The van der Waals surface area contributed by atoms with Crippen LogP contribution in [0.3, 0.4) is 0 Å². The lowest BCUT2D eigenvalue weighted by Gasteiger charge is -1.99. The highest BCUT2D eigenvalue weighted by atomic mass is 79.9. The van der Waals surface area contributed by atoms with Gasteiger partial charge in [0.15, 0.2) is 0 Å². The molecule has 0 aliphatic carbocycles. The maximum absolute atomic E-state index is 4.96. The van der Waals surface area contributed by atoms with Gasteiger partial charge >= 0.3 is 7.69 Å². The van der Waals surface area contributed by atoms with Gasteiger partial charge in [0.2, 0.25) is 0 Å². The topological polar surface area (TPSA) is 18.5 Å². The van der Waals surface area contributed by atoms with Gasteiger partial charge in [-0.25, -0.2) is 0 Å². The van der Waals surface area contributed by atoms with Gasteiger partial charge in [0.25, 0.3) is 0 Å². The maximum Gasteiger partial charge on any atom is 0.584 e. The second kappa shape index (κ2) is 4.36. The molecule has 0 fully saturated rings. The van der Waals surface area contributed by atoms with Gasteiger partial charge in [-0.2, -0.15) is 0 Å². The average molecular weight is 200 g/mol. The molecule has 0 N–H and O–H groups in total. The van der Waals surface area contributed by atoms with E-state index in [1.54, 1.807) is 0 Å². The van der Waals surface area contributed by atoms with Crippen molar-refractivity contribution in [2.24, 2.45) is 0 Å². The molecule has 0 aliphatic heterocycles. The molecule has 0 saturated heterocycles. The Bertz CT molecular complexity index is 180. The highest BCUT2D eigenvalue weighted by Gasteiger charge is 1.93. The molecule has 0 unspecified atom stereocenters. The van der Waals surface area contributed by atoms with Crippen molar-refractivity contribution in [2.75, 3.05) is 0 Å². The number of halogens is 1. The third-order valence-electron chi connectivity index (χ3n) is 0.964. The first kappa shape index (κ1) is 7.63. The second-order valence-corrected chi connectivity index (χ2v) is 1.99. The molecule has 0 saturated carbocycles. The molecule has 10 heavy (non-hydrogen) atoms. The van der Waals surface area contributed by atoms with Crippen molar-refractivity contribution in [3.05, 3.63) is 30.3 Å². The molecule has 0 spiro atoms. The van der Waals surface area contributed by atoms with E-state index in [2.05, 4.69) is 20.0 Å². The van der Waals surface area contributed by atoms with Gasteiger partial charge < -0.3 is 8.40 Å². The molecule has 1 rings (SSSR count).